The number of carbonyl (C=O) groups excluding carboxylic acids is 1. The lowest BCUT2D eigenvalue weighted by Crippen LogP contribution is -2.42. The molecule has 23 heavy (non-hydrogen) atoms. The number of nitrogens with zero attached hydrogens (tertiary/aromatic N) is 1. The molecule has 0 aliphatic rings. The second kappa shape index (κ2) is 8.96. The summed E-state index contributed by atoms with van der Waals surface area (Å²) < 4.78 is 5.34. The van der Waals surface area contributed by atoms with Crippen molar-refractivity contribution in [3.63, 3.8) is 0 Å². The van der Waals surface area contributed by atoms with E-state index in [1.165, 1.54) is 0 Å². The van der Waals surface area contributed by atoms with Gasteiger partial charge in [-0.25, -0.2) is 4.79 Å². The van der Waals surface area contributed by atoms with Crippen molar-refractivity contribution in [2.75, 3.05) is 6.26 Å². The molecule has 0 fully saturated rings. The molecular weight excluding hydrogens is 308 g/mol. The quantitative estimate of drug-likeness (QED) is 0.620. The van der Waals surface area contributed by atoms with Crippen molar-refractivity contribution in [1.82, 2.24) is 5.32 Å². The van der Waals surface area contributed by atoms with Crippen LogP contribution in [-0.2, 0) is 4.74 Å². The third kappa shape index (κ3) is 7.08. The minimum absolute atomic E-state index is 0.0492. The summed E-state index contributed by atoms with van der Waals surface area (Å²) >= 11 is 1.57. The van der Waals surface area contributed by atoms with E-state index in [9.17, 15) is 4.79 Å². The van der Waals surface area contributed by atoms with Crippen LogP contribution in [0.15, 0.2) is 35.3 Å². The molecule has 4 nitrogen and oxygen atoms in total. The van der Waals surface area contributed by atoms with Crippen LogP contribution in [0.2, 0.25) is 0 Å². The molecule has 0 saturated heterocycles. The first kappa shape index (κ1) is 19.6. The fraction of sp³-hybridized carbons (Fsp3) is 0.556. The summed E-state index contributed by atoms with van der Waals surface area (Å²) in [7, 11) is 0. The van der Waals surface area contributed by atoms with Crippen molar-refractivity contribution in [2.24, 2.45) is 4.99 Å². The molecule has 2 atom stereocenters. The van der Waals surface area contributed by atoms with E-state index in [0.29, 0.717) is 0 Å². The summed E-state index contributed by atoms with van der Waals surface area (Å²) in [6.07, 6.45) is 2.34. The highest BCUT2D eigenvalue weighted by Crippen LogP contribution is 2.20. The van der Waals surface area contributed by atoms with Crippen molar-refractivity contribution < 1.29 is 9.53 Å². The number of thioether (sulfide) groups is 1. The van der Waals surface area contributed by atoms with E-state index in [4.69, 9.17) is 9.73 Å². The fourth-order valence-electron chi connectivity index (χ4n) is 2.07. The SMILES string of the molecule is CC[C@H](NC(=O)OC(C)(C)C)C(=N[C@@H](C)c1ccccc1)SC. The van der Waals surface area contributed by atoms with E-state index in [2.05, 4.69) is 24.4 Å². The molecule has 128 valence electrons. The minimum atomic E-state index is -0.504. The van der Waals surface area contributed by atoms with Crippen LogP contribution in [-0.4, -0.2) is 29.0 Å². The zero-order valence-electron chi connectivity index (χ0n) is 14.9. The number of alkyl carbamates (subject to hydrolysis) is 1. The van der Waals surface area contributed by atoms with Crippen LogP contribution in [0.4, 0.5) is 4.79 Å². The summed E-state index contributed by atoms with van der Waals surface area (Å²) in [6.45, 7) is 9.66. The lowest BCUT2D eigenvalue weighted by Gasteiger charge is -2.24. The highest BCUT2D eigenvalue weighted by atomic mass is 32.2. The maximum atomic E-state index is 12.0. The van der Waals surface area contributed by atoms with Gasteiger partial charge in [0, 0.05) is 0 Å². The molecule has 0 aliphatic heterocycles. The zero-order valence-corrected chi connectivity index (χ0v) is 15.7. The van der Waals surface area contributed by atoms with E-state index >= 15 is 0 Å². The third-order valence-electron chi connectivity index (χ3n) is 3.21. The molecule has 1 aromatic carbocycles. The molecule has 5 heteroatoms. The van der Waals surface area contributed by atoms with Gasteiger partial charge in [0.2, 0.25) is 0 Å². The van der Waals surface area contributed by atoms with E-state index < -0.39 is 11.7 Å². The summed E-state index contributed by atoms with van der Waals surface area (Å²) in [6, 6.07) is 10.1. The second-order valence-electron chi connectivity index (χ2n) is 6.37. The smallest absolute Gasteiger partial charge is 0.408 e. The number of aliphatic imine (C=N–C) groups is 1. The van der Waals surface area contributed by atoms with Crippen molar-refractivity contribution in [3.05, 3.63) is 35.9 Å². The van der Waals surface area contributed by atoms with Gasteiger partial charge >= 0.3 is 6.09 Å². The van der Waals surface area contributed by atoms with E-state index in [1.54, 1.807) is 11.8 Å². The molecule has 1 rings (SSSR count). The van der Waals surface area contributed by atoms with Gasteiger partial charge < -0.3 is 10.1 Å². The van der Waals surface area contributed by atoms with Gasteiger partial charge in [0.1, 0.15) is 5.60 Å². The van der Waals surface area contributed by atoms with E-state index in [-0.39, 0.29) is 12.1 Å². The number of amides is 1. The van der Waals surface area contributed by atoms with Gasteiger partial charge in [-0.05, 0) is 45.9 Å². The summed E-state index contributed by atoms with van der Waals surface area (Å²) in [5.74, 6) is 0. The van der Waals surface area contributed by atoms with Crippen molar-refractivity contribution >= 4 is 22.9 Å². The number of benzene rings is 1. The Bertz CT molecular complexity index is 524. The first-order valence-electron chi connectivity index (χ1n) is 7.93. The van der Waals surface area contributed by atoms with Crippen molar-refractivity contribution in [2.45, 2.75) is 58.7 Å². The van der Waals surface area contributed by atoms with Crippen LogP contribution in [0.3, 0.4) is 0 Å². The van der Waals surface area contributed by atoms with E-state index in [0.717, 1.165) is 17.0 Å². The molecular formula is C18H28N2O2S. The lowest BCUT2D eigenvalue weighted by molar-refractivity contribution is 0.0517. The number of carbonyl (C=O) groups is 1. The molecule has 1 amide bonds. The zero-order chi connectivity index (χ0) is 17.5. The average molecular weight is 337 g/mol. The highest BCUT2D eigenvalue weighted by molar-refractivity contribution is 8.13. The molecule has 0 aliphatic carbocycles. The van der Waals surface area contributed by atoms with Crippen LogP contribution in [0.5, 0.6) is 0 Å². The van der Waals surface area contributed by atoms with Crippen LogP contribution in [0.25, 0.3) is 0 Å². The Morgan fingerprint density at radius 1 is 1.30 bits per heavy atom. The van der Waals surface area contributed by atoms with Gasteiger partial charge in [-0.3, -0.25) is 4.99 Å². The molecule has 0 radical (unpaired) electrons. The first-order valence-corrected chi connectivity index (χ1v) is 9.15. The van der Waals surface area contributed by atoms with E-state index in [1.807, 2.05) is 52.1 Å². The molecule has 0 bridgehead atoms. The lowest BCUT2D eigenvalue weighted by atomic mass is 10.1. The number of nitrogens with one attached hydrogen (secondary N) is 1. The Kier molecular flexibility index (Phi) is 7.62. The summed E-state index contributed by atoms with van der Waals surface area (Å²) in [4.78, 5) is 16.8. The Balaban J connectivity index is 2.83. The van der Waals surface area contributed by atoms with Gasteiger partial charge in [-0.15, -0.1) is 11.8 Å². The molecule has 1 N–H and O–H groups in total. The Labute approximate surface area is 144 Å². The Morgan fingerprint density at radius 3 is 2.39 bits per heavy atom. The largest absolute Gasteiger partial charge is 0.444 e. The Hall–Kier alpha value is -1.49. The number of hydrogen-bond acceptors (Lipinski definition) is 4. The maximum Gasteiger partial charge on any atom is 0.408 e. The molecule has 0 heterocycles. The fourth-order valence-corrected chi connectivity index (χ4v) is 2.84. The number of ether oxygens (including phenoxy) is 1. The van der Waals surface area contributed by atoms with Gasteiger partial charge in [0.25, 0.3) is 0 Å². The molecule has 0 unspecified atom stereocenters. The summed E-state index contributed by atoms with van der Waals surface area (Å²) in [5, 5.41) is 3.83. The standard InChI is InChI=1S/C18H28N2O2S/c1-7-15(20-17(21)22-18(3,4)5)16(23-6)19-13(2)14-11-9-8-10-12-14/h8-13,15H,7H2,1-6H3,(H,20,21)/t13-,15-/m0/s1. The third-order valence-corrected chi connectivity index (χ3v) is 4.02. The predicted molar refractivity (Wildman–Crippen MR) is 99.3 cm³/mol. The maximum absolute atomic E-state index is 12.0. The molecule has 1 aromatic rings. The molecule has 0 aromatic heterocycles. The Morgan fingerprint density at radius 2 is 1.91 bits per heavy atom. The van der Waals surface area contributed by atoms with Crippen LogP contribution >= 0.6 is 11.8 Å². The first-order chi connectivity index (χ1) is 10.8. The van der Waals surface area contributed by atoms with Gasteiger partial charge in [0.05, 0.1) is 17.1 Å². The van der Waals surface area contributed by atoms with Crippen LogP contribution in [0.1, 0.15) is 52.6 Å². The second-order valence-corrected chi connectivity index (χ2v) is 7.19. The van der Waals surface area contributed by atoms with Crippen molar-refractivity contribution in [1.29, 1.82) is 0 Å². The monoisotopic (exact) mass is 336 g/mol. The normalized spacial score (nSPS) is 15.0. The molecule has 0 spiro atoms. The minimum Gasteiger partial charge on any atom is -0.444 e. The topological polar surface area (TPSA) is 50.7 Å². The highest BCUT2D eigenvalue weighted by Gasteiger charge is 2.22. The van der Waals surface area contributed by atoms with Gasteiger partial charge in [0.15, 0.2) is 0 Å². The van der Waals surface area contributed by atoms with Gasteiger partial charge in [-0.1, -0.05) is 37.3 Å². The summed E-state index contributed by atoms with van der Waals surface area (Å²) in [5.41, 5.74) is 0.655. The number of hydrogen-bond donors (Lipinski definition) is 1. The van der Waals surface area contributed by atoms with Crippen molar-refractivity contribution in [3.8, 4) is 0 Å². The predicted octanol–water partition coefficient (Wildman–Crippen LogP) is 4.81. The van der Waals surface area contributed by atoms with Crippen LogP contribution < -0.4 is 5.32 Å². The average Bonchev–Trinajstić information content (AvgIpc) is 2.49. The number of rotatable bonds is 5. The molecule has 0 saturated carbocycles. The van der Waals surface area contributed by atoms with Gasteiger partial charge in [-0.2, -0.15) is 0 Å². The van der Waals surface area contributed by atoms with Crippen LogP contribution in [0, 0.1) is 0 Å².